The third-order valence-electron chi connectivity index (χ3n) is 1.64. The van der Waals surface area contributed by atoms with Crippen LogP contribution in [0.15, 0.2) is 20.9 Å². The predicted molar refractivity (Wildman–Crippen MR) is 48.1 cm³/mol. The fraction of sp³-hybridized carbons (Fsp3) is 0.556. The van der Waals surface area contributed by atoms with Gasteiger partial charge in [0, 0.05) is 0 Å². The molecular formula is C9H13Cl2STi. The largest absolute Gasteiger partial charge is 1.00 e. The van der Waals surface area contributed by atoms with E-state index in [9.17, 15) is 0 Å². The van der Waals surface area contributed by atoms with Crippen molar-refractivity contribution in [2.45, 2.75) is 26.2 Å². The topological polar surface area (TPSA) is 0 Å². The van der Waals surface area contributed by atoms with Crippen molar-refractivity contribution in [2.75, 3.05) is 5.75 Å². The zero-order valence-corrected chi connectivity index (χ0v) is 11.5. The van der Waals surface area contributed by atoms with Crippen molar-refractivity contribution in [3.05, 3.63) is 20.9 Å². The third kappa shape index (κ3) is 6.25. The van der Waals surface area contributed by atoms with Crippen LogP contribution in [0.2, 0.25) is 0 Å². The van der Waals surface area contributed by atoms with Gasteiger partial charge in [0.15, 0.2) is 0 Å². The van der Waals surface area contributed by atoms with Crippen LogP contribution in [0, 0.1) is 0 Å². The number of allylic oxidation sites excluding steroid dienone is 3. The second-order valence-corrected chi connectivity index (χ2v) is 4.73. The fourth-order valence-corrected chi connectivity index (χ4v) is 2.70. The van der Waals surface area contributed by atoms with E-state index in [1.165, 1.54) is 29.9 Å². The Morgan fingerprint density at radius 3 is 2.62 bits per heavy atom. The van der Waals surface area contributed by atoms with Crippen LogP contribution in [0.25, 0.3) is 0 Å². The molecule has 0 bridgehead atoms. The minimum absolute atomic E-state index is 0. The molecule has 1 aliphatic carbocycles. The van der Waals surface area contributed by atoms with Crippen LogP contribution < -0.4 is 24.8 Å². The SMILES string of the molecule is CCCCSC1=[C]([Ti+2])CC=C1.[Cl-].[Cl-]. The summed E-state index contributed by atoms with van der Waals surface area (Å²) in [6.45, 7) is 2.24. The van der Waals surface area contributed by atoms with Gasteiger partial charge in [-0.2, -0.15) is 0 Å². The molecule has 0 fully saturated rings. The van der Waals surface area contributed by atoms with Gasteiger partial charge in [-0.3, -0.25) is 0 Å². The minimum Gasteiger partial charge on any atom is -1.00 e. The monoisotopic (exact) mass is 271 g/mol. The Bertz CT molecular complexity index is 190. The van der Waals surface area contributed by atoms with Crippen LogP contribution in [-0.4, -0.2) is 5.75 Å². The fourth-order valence-electron chi connectivity index (χ4n) is 0.947. The summed E-state index contributed by atoms with van der Waals surface area (Å²) in [5.74, 6) is 1.29. The molecule has 73 valence electrons. The van der Waals surface area contributed by atoms with E-state index < -0.39 is 0 Å². The van der Waals surface area contributed by atoms with Gasteiger partial charge in [-0.15, -0.1) is 0 Å². The van der Waals surface area contributed by atoms with Gasteiger partial charge in [0.1, 0.15) is 0 Å². The molecular weight excluding hydrogens is 259 g/mol. The standard InChI is InChI=1S/C9H13S.2ClH.Ti/c1-2-3-8-10-9-6-4-5-7-9;;;/h4,6H,2-3,5,8H2,1H3;2*1H;/q;;;+2/p-2. The van der Waals surface area contributed by atoms with E-state index in [0.29, 0.717) is 0 Å². The molecule has 0 spiro atoms. The number of thioether (sulfide) groups is 1. The quantitative estimate of drug-likeness (QED) is 0.395. The van der Waals surface area contributed by atoms with Crippen molar-refractivity contribution >= 4 is 11.8 Å². The van der Waals surface area contributed by atoms with Gasteiger partial charge in [0.2, 0.25) is 0 Å². The Labute approximate surface area is 109 Å². The molecule has 13 heavy (non-hydrogen) atoms. The molecule has 0 heterocycles. The second-order valence-electron chi connectivity index (χ2n) is 2.65. The van der Waals surface area contributed by atoms with Crippen molar-refractivity contribution in [3.63, 3.8) is 0 Å². The number of rotatable bonds is 4. The van der Waals surface area contributed by atoms with Gasteiger partial charge in [0.25, 0.3) is 0 Å². The average Bonchev–Trinajstić information content (AvgIpc) is 2.37. The Morgan fingerprint density at radius 1 is 1.46 bits per heavy atom. The molecule has 4 heteroatoms. The van der Waals surface area contributed by atoms with E-state index in [1.54, 1.807) is 3.88 Å². The molecule has 0 unspecified atom stereocenters. The van der Waals surface area contributed by atoms with Crippen LogP contribution in [0.3, 0.4) is 0 Å². The summed E-state index contributed by atoms with van der Waals surface area (Å²) in [6.07, 6.45) is 8.34. The predicted octanol–water partition coefficient (Wildman–Crippen LogP) is -2.75. The molecule has 0 radical (unpaired) electrons. The first-order valence-electron chi connectivity index (χ1n) is 4.08. The van der Waals surface area contributed by atoms with Gasteiger partial charge in [-0.25, -0.2) is 0 Å². The van der Waals surface area contributed by atoms with Crippen LogP contribution in [-0.2, 0) is 20.4 Å². The molecule has 0 atom stereocenters. The Kier molecular flexibility index (Phi) is 12.3. The average molecular weight is 272 g/mol. The van der Waals surface area contributed by atoms with Crippen molar-refractivity contribution in [1.29, 1.82) is 0 Å². The summed E-state index contributed by atoms with van der Waals surface area (Å²) in [5, 5.41) is 0. The van der Waals surface area contributed by atoms with E-state index in [4.69, 9.17) is 0 Å². The van der Waals surface area contributed by atoms with Gasteiger partial charge in [-0.05, 0) is 0 Å². The van der Waals surface area contributed by atoms with Gasteiger partial charge >= 0.3 is 85.1 Å². The molecule has 0 aromatic rings. The maximum absolute atomic E-state index is 2.26. The molecule has 0 aromatic carbocycles. The van der Waals surface area contributed by atoms with E-state index in [2.05, 4.69) is 39.5 Å². The molecule has 0 aromatic heterocycles. The first kappa shape index (κ1) is 16.6. The van der Waals surface area contributed by atoms with Crippen molar-refractivity contribution in [1.82, 2.24) is 0 Å². The smallest absolute Gasteiger partial charge is 1.00 e. The Morgan fingerprint density at radius 2 is 2.15 bits per heavy atom. The van der Waals surface area contributed by atoms with E-state index >= 15 is 0 Å². The third-order valence-corrected chi connectivity index (χ3v) is 3.85. The van der Waals surface area contributed by atoms with E-state index in [0.717, 1.165) is 0 Å². The van der Waals surface area contributed by atoms with Crippen molar-refractivity contribution in [3.8, 4) is 0 Å². The zero-order chi connectivity index (χ0) is 8.10. The molecule has 0 N–H and O–H groups in total. The summed E-state index contributed by atoms with van der Waals surface area (Å²) in [7, 11) is 0. The zero-order valence-electron chi connectivity index (χ0n) is 7.65. The van der Waals surface area contributed by atoms with Crippen LogP contribution in [0.5, 0.6) is 0 Å². The molecule has 0 saturated heterocycles. The molecule has 0 nitrogen and oxygen atoms in total. The van der Waals surface area contributed by atoms with Crippen LogP contribution in [0.1, 0.15) is 26.2 Å². The minimum atomic E-state index is 0. The first-order valence-corrected chi connectivity index (χ1v) is 5.85. The number of hydrogen-bond donors (Lipinski definition) is 0. The van der Waals surface area contributed by atoms with Crippen LogP contribution in [0.4, 0.5) is 0 Å². The van der Waals surface area contributed by atoms with E-state index in [-0.39, 0.29) is 24.8 Å². The van der Waals surface area contributed by atoms with Gasteiger partial charge < -0.3 is 24.8 Å². The maximum atomic E-state index is 2.26. The van der Waals surface area contributed by atoms with Crippen molar-refractivity contribution in [2.24, 2.45) is 0 Å². The van der Waals surface area contributed by atoms with Gasteiger partial charge in [0.05, 0.1) is 0 Å². The molecule has 0 aliphatic heterocycles. The summed E-state index contributed by atoms with van der Waals surface area (Å²) in [6, 6.07) is 0. The molecule has 0 saturated carbocycles. The number of unbranched alkanes of at least 4 members (excludes halogenated alkanes) is 1. The van der Waals surface area contributed by atoms with Crippen molar-refractivity contribution < 1.29 is 45.2 Å². The summed E-state index contributed by atoms with van der Waals surface area (Å²) in [5.41, 5.74) is 0. The van der Waals surface area contributed by atoms with E-state index in [1.807, 2.05) is 11.8 Å². The molecule has 1 aliphatic rings. The summed E-state index contributed by atoms with van der Waals surface area (Å²) >= 11 is 4.24. The molecule has 0 amide bonds. The summed E-state index contributed by atoms with van der Waals surface area (Å²) in [4.78, 5) is 1.51. The Hall–Kier alpha value is 1.12. The number of halogens is 2. The van der Waals surface area contributed by atoms with Gasteiger partial charge in [-0.1, -0.05) is 0 Å². The second kappa shape index (κ2) is 9.67. The Balaban J connectivity index is 0. The molecule has 1 rings (SSSR count). The van der Waals surface area contributed by atoms with Crippen LogP contribution >= 0.6 is 11.8 Å². The normalized spacial score (nSPS) is 14.1. The first-order chi connectivity index (χ1) is 5.34. The maximum Gasteiger partial charge on any atom is -1.00 e. The summed E-state index contributed by atoms with van der Waals surface area (Å²) < 4.78 is 1.55. The number of hydrogen-bond acceptors (Lipinski definition) is 1.